The number of ether oxygens (including phenoxy) is 2. The minimum atomic E-state index is -0.608. The number of rotatable bonds is 8. The highest BCUT2D eigenvalue weighted by atomic mass is 19.1. The summed E-state index contributed by atoms with van der Waals surface area (Å²) in [5.74, 6) is 0.0461. The van der Waals surface area contributed by atoms with Gasteiger partial charge in [0.1, 0.15) is 18.2 Å². The first-order valence-electron chi connectivity index (χ1n) is 8.32. The van der Waals surface area contributed by atoms with Gasteiger partial charge < -0.3 is 24.8 Å². The van der Waals surface area contributed by atoms with Crippen molar-refractivity contribution in [3.05, 3.63) is 30.1 Å². The summed E-state index contributed by atoms with van der Waals surface area (Å²) < 4.78 is 23.5. The van der Waals surface area contributed by atoms with E-state index in [0.717, 1.165) is 12.8 Å². The molecule has 0 unspecified atom stereocenters. The van der Waals surface area contributed by atoms with Crippen LogP contribution in [0.3, 0.4) is 0 Å². The molecule has 1 fully saturated rings. The molecule has 1 aromatic carbocycles. The average Bonchev–Trinajstić information content (AvgIpc) is 2.60. The van der Waals surface area contributed by atoms with E-state index >= 15 is 0 Å². The molecule has 7 heteroatoms. The summed E-state index contributed by atoms with van der Waals surface area (Å²) in [6.07, 6.45) is 1.52. The molecular weight excluding hydrogens is 315 g/mol. The molecule has 0 spiro atoms. The van der Waals surface area contributed by atoms with E-state index in [9.17, 15) is 14.3 Å². The Bertz CT molecular complexity index is 509. The van der Waals surface area contributed by atoms with Crippen LogP contribution in [0.15, 0.2) is 24.3 Å². The smallest absolute Gasteiger partial charge is 0.317 e. The lowest BCUT2D eigenvalue weighted by molar-refractivity contribution is 0.0532. The van der Waals surface area contributed by atoms with Gasteiger partial charge in [-0.15, -0.1) is 0 Å². The van der Waals surface area contributed by atoms with Gasteiger partial charge in [0, 0.05) is 25.7 Å². The molecule has 2 rings (SSSR count). The monoisotopic (exact) mass is 340 g/mol. The zero-order valence-corrected chi connectivity index (χ0v) is 13.7. The van der Waals surface area contributed by atoms with E-state index < -0.39 is 6.10 Å². The van der Waals surface area contributed by atoms with E-state index in [4.69, 9.17) is 9.47 Å². The lowest BCUT2D eigenvalue weighted by Gasteiger charge is -2.26. The van der Waals surface area contributed by atoms with Gasteiger partial charge >= 0.3 is 6.03 Å². The molecule has 0 bridgehead atoms. The fourth-order valence-corrected chi connectivity index (χ4v) is 2.41. The van der Waals surface area contributed by atoms with Crippen molar-refractivity contribution in [1.82, 2.24) is 10.2 Å². The number of aliphatic hydroxyl groups is 1. The number of hydrogen-bond acceptors (Lipinski definition) is 4. The molecular formula is C17H25FN2O4. The van der Waals surface area contributed by atoms with Crippen LogP contribution in [0.4, 0.5) is 9.18 Å². The third kappa shape index (κ3) is 6.72. The van der Waals surface area contributed by atoms with Crippen LogP contribution in [0.25, 0.3) is 0 Å². The summed E-state index contributed by atoms with van der Waals surface area (Å²) in [7, 11) is 0. The van der Waals surface area contributed by atoms with Crippen molar-refractivity contribution in [2.24, 2.45) is 0 Å². The summed E-state index contributed by atoms with van der Waals surface area (Å²) in [5, 5.41) is 12.7. The maximum absolute atomic E-state index is 13.0. The number of aliphatic hydroxyl groups excluding tert-OH is 1. The zero-order valence-electron chi connectivity index (χ0n) is 13.7. The van der Waals surface area contributed by atoms with Gasteiger partial charge in [0.15, 0.2) is 0 Å². The van der Waals surface area contributed by atoms with E-state index in [-0.39, 0.29) is 18.5 Å². The quantitative estimate of drug-likeness (QED) is 0.708. The Labute approximate surface area is 141 Å². The van der Waals surface area contributed by atoms with Crippen LogP contribution in [-0.2, 0) is 4.74 Å². The van der Waals surface area contributed by atoms with Crippen molar-refractivity contribution in [1.29, 1.82) is 0 Å². The molecule has 1 heterocycles. The standard InChI is InChI=1S/C17H25FN2O4/c18-14-4-3-6-16(12-14)24-13-15(21)5-1-2-7-19-17(22)20-8-10-23-11-9-20/h3-4,6,12,15,21H,1-2,5,7-11,13H2,(H,19,22)/t15-/m0/s1. The van der Waals surface area contributed by atoms with E-state index in [1.165, 1.54) is 12.1 Å². The first-order valence-corrected chi connectivity index (χ1v) is 8.32. The number of amides is 2. The van der Waals surface area contributed by atoms with Crippen molar-refractivity contribution in [3.8, 4) is 5.75 Å². The SMILES string of the molecule is O=C(NCCCC[C@H](O)COc1cccc(F)c1)N1CCOCC1. The van der Waals surface area contributed by atoms with E-state index in [0.29, 0.717) is 45.0 Å². The summed E-state index contributed by atoms with van der Waals surface area (Å²) in [4.78, 5) is 13.6. The Balaban J connectivity index is 1.51. The fourth-order valence-electron chi connectivity index (χ4n) is 2.41. The lowest BCUT2D eigenvalue weighted by atomic mass is 10.1. The lowest BCUT2D eigenvalue weighted by Crippen LogP contribution is -2.46. The highest BCUT2D eigenvalue weighted by Crippen LogP contribution is 2.13. The Morgan fingerprint density at radius 1 is 1.38 bits per heavy atom. The number of urea groups is 1. The van der Waals surface area contributed by atoms with Gasteiger partial charge in [-0.3, -0.25) is 0 Å². The van der Waals surface area contributed by atoms with Crippen molar-refractivity contribution >= 4 is 6.03 Å². The molecule has 1 saturated heterocycles. The zero-order chi connectivity index (χ0) is 17.2. The molecule has 134 valence electrons. The molecule has 2 amide bonds. The van der Waals surface area contributed by atoms with Crippen molar-refractivity contribution < 1.29 is 23.8 Å². The van der Waals surface area contributed by atoms with Crippen LogP contribution >= 0.6 is 0 Å². The Morgan fingerprint density at radius 3 is 2.92 bits per heavy atom. The number of nitrogens with zero attached hydrogens (tertiary/aromatic N) is 1. The van der Waals surface area contributed by atoms with Crippen molar-refractivity contribution in [3.63, 3.8) is 0 Å². The molecule has 6 nitrogen and oxygen atoms in total. The number of carbonyl (C=O) groups is 1. The summed E-state index contributed by atoms with van der Waals surface area (Å²) in [5.41, 5.74) is 0. The van der Waals surface area contributed by atoms with Crippen LogP contribution in [0.2, 0.25) is 0 Å². The topological polar surface area (TPSA) is 71.0 Å². The molecule has 1 aromatic rings. The molecule has 2 N–H and O–H groups in total. The Hall–Kier alpha value is -1.86. The van der Waals surface area contributed by atoms with E-state index in [2.05, 4.69) is 5.32 Å². The highest BCUT2D eigenvalue weighted by molar-refractivity contribution is 5.74. The van der Waals surface area contributed by atoms with Gasteiger partial charge in [0.25, 0.3) is 0 Å². The Morgan fingerprint density at radius 2 is 2.17 bits per heavy atom. The summed E-state index contributed by atoms with van der Waals surface area (Å²) in [6.45, 7) is 3.14. The molecule has 1 aliphatic rings. The minimum absolute atomic E-state index is 0.0618. The third-order valence-corrected chi connectivity index (χ3v) is 3.78. The molecule has 0 saturated carbocycles. The molecule has 0 aliphatic carbocycles. The van der Waals surface area contributed by atoms with E-state index in [1.807, 2.05) is 0 Å². The number of nitrogens with one attached hydrogen (secondary N) is 1. The van der Waals surface area contributed by atoms with Gasteiger partial charge in [-0.1, -0.05) is 6.07 Å². The van der Waals surface area contributed by atoms with Crippen LogP contribution < -0.4 is 10.1 Å². The minimum Gasteiger partial charge on any atom is -0.491 e. The third-order valence-electron chi connectivity index (χ3n) is 3.78. The average molecular weight is 340 g/mol. The van der Waals surface area contributed by atoms with Crippen LogP contribution in [-0.4, -0.2) is 61.6 Å². The second-order valence-electron chi connectivity index (χ2n) is 5.75. The highest BCUT2D eigenvalue weighted by Gasteiger charge is 2.15. The maximum atomic E-state index is 13.0. The largest absolute Gasteiger partial charge is 0.491 e. The number of morpholine rings is 1. The second kappa shape index (κ2) is 10.1. The predicted molar refractivity (Wildman–Crippen MR) is 87.5 cm³/mol. The maximum Gasteiger partial charge on any atom is 0.317 e. The summed E-state index contributed by atoms with van der Waals surface area (Å²) >= 11 is 0. The second-order valence-corrected chi connectivity index (χ2v) is 5.75. The van der Waals surface area contributed by atoms with E-state index in [1.54, 1.807) is 17.0 Å². The number of hydrogen-bond donors (Lipinski definition) is 2. The number of carbonyl (C=O) groups excluding carboxylic acids is 1. The molecule has 24 heavy (non-hydrogen) atoms. The van der Waals surface area contributed by atoms with Gasteiger partial charge in [0.05, 0.1) is 19.3 Å². The van der Waals surface area contributed by atoms with Crippen LogP contribution in [0.1, 0.15) is 19.3 Å². The first-order chi connectivity index (χ1) is 11.6. The number of halogens is 1. The fraction of sp³-hybridized carbons (Fsp3) is 0.588. The van der Waals surface area contributed by atoms with Gasteiger partial charge in [-0.25, -0.2) is 9.18 Å². The molecule has 1 aliphatic heterocycles. The van der Waals surface area contributed by atoms with Crippen molar-refractivity contribution in [2.75, 3.05) is 39.5 Å². The Kier molecular flexibility index (Phi) is 7.77. The first kappa shape index (κ1) is 18.5. The molecule has 0 radical (unpaired) electrons. The molecule has 1 atom stereocenters. The normalized spacial score (nSPS) is 15.8. The van der Waals surface area contributed by atoms with Gasteiger partial charge in [0.2, 0.25) is 0 Å². The predicted octanol–water partition coefficient (Wildman–Crippen LogP) is 1.78. The summed E-state index contributed by atoms with van der Waals surface area (Å²) in [6, 6.07) is 5.78. The number of unbranched alkanes of at least 4 members (excludes halogenated alkanes) is 1. The number of benzene rings is 1. The van der Waals surface area contributed by atoms with Crippen LogP contribution in [0.5, 0.6) is 5.75 Å². The van der Waals surface area contributed by atoms with Gasteiger partial charge in [-0.2, -0.15) is 0 Å². The van der Waals surface area contributed by atoms with Crippen LogP contribution in [0, 0.1) is 5.82 Å². The van der Waals surface area contributed by atoms with Crippen molar-refractivity contribution in [2.45, 2.75) is 25.4 Å². The van der Waals surface area contributed by atoms with Gasteiger partial charge in [-0.05, 0) is 31.4 Å². The molecule has 0 aromatic heterocycles.